The summed E-state index contributed by atoms with van der Waals surface area (Å²) in [5.41, 5.74) is 2.69. The highest BCUT2D eigenvalue weighted by Gasteiger charge is 2.18. The molecule has 0 fully saturated rings. The molecule has 0 aliphatic carbocycles. The number of H-pyrrole nitrogens is 1. The summed E-state index contributed by atoms with van der Waals surface area (Å²) in [6.45, 7) is 3.36. The molecule has 31 heavy (non-hydrogen) atoms. The minimum atomic E-state index is -0.556. The first kappa shape index (κ1) is 20.2. The van der Waals surface area contributed by atoms with Crippen LogP contribution in [0.4, 0.5) is 0 Å². The lowest BCUT2D eigenvalue weighted by Crippen LogP contribution is -2.16. The fraction of sp³-hybridized carbons (Fsp3) is 0.174. The largest absolute Gasteiger partial charge is 0.465 e. The maximum absolute atomic E-state index is 12.8. The number of benzene rings is 2. The molecule has 8 heteroatoms. The van der Waals surface area contributed by atoms with Crippen LogP contribution in [0.2, 0.25) is 0 Å². The topological polar surface area (TPSA) is 111 Å². The normalized spacial score (nSPS) is 10.9. The predicted octanol–water partition coefficient (Wildman–Crippen LogP) is 3.23. The summed E-state index contributed by atoms with van der Waals surface area (Å²) >= 11 is 0. The maximum atomic E-state index is 12.8. The quantitative estimate of drug-likeness (QED) is 0.508. The van der Waals surface area contributed by atoms with Crippen LogP contribution in [0, 0.1) is 13.8 Å². The molecule has 0 amide bonds. The number of carbonyl (C=O) groups is 2. The van der Waals surface area contributed by atoms with Crippen LogP contribution in [0.5, 0.6) is 0 Å². The Morgan fingerprint density at radius 2 is 1.74 bits per heavy atom. The van der Waals surface area contributed by atoms with Gasteiger partial charge in [-0.15, -0.1) is 0 Å². The summed E-state index contributed by atoms with van der Waals surface area (Å²) < 4.78 is 10.1. The van der Waals surface area contributed by atoms with E-state index in [0.29, 0.717) is 22.2 Å². The van der Waals surface area contributed by atoms with E-state index in [2.05, 4.69) is 15.0 Å². The fourth-order valence-corrected chi connectivity index (χ4v) is 3.54. The van der Waals surface area contributed by atoms with Gasteiger partial charge in [-0.25, -0.2) is 14.6 Å². The van der Waals surface area contributed by atoms with Gasteiger partial charge in [0.1, 0.15) is 12.4 Å². The van der Waals surface area contributed by atoms with Gasteiger partial charge in [-0.1, -0.05) is 18.2 Å². The predicted molar refractivity (Wildman–Crippen MR) is 114 cm³/mol. The molecule has 0 spiro atoms. The number of aryl methyl sites for hydroxylation is 2. The minimum Gasteiger partial charge on any atom is -0.465 e. The van der Waals surface area contributed by atoms with E-state index in [1.807, 2.05) is 31.2 Å². The SMILES string of the molecule is COC(=O)c1ccc2c(=O)[nH]c(COC(=O)c3c(C)nc4ccccc4c3C)nc2c1. The van der Waals surface area contributed by atoms with Gasteiger partial charge in [-0.3, -0.25) is 9.78 Å². The van der Waals surface area contributed by atoms with Gasteiger partial charge in [0.05, 0.1) is 40.4 Å². The van der Waals surface area contributed by atoms with Crippen LogP contribution in [-0.4, -0.2) is 34.0 Å². The molecule has 0 unspecified atom stereocenters. The number of nitrogens with one attached hydrogen (secondary N) is 1. The van der Waals surface area contributed by atoms with Crippen molar-refractivity contribution in [2.24, 2.45) is 0 Å². The van der Waals surface area contributed by atoms with Crippen LogP contribution in [0.25, 0.3) is 21.8 Å². The number of fused-ring (bicyclic) bond motifs is 2. The molecule has 2 heterocycles. The van der Waals surface area contributed by atoms with Crippen molar-refractivity contribution in [1.82, 2.24) is 15.0 Å². The average Bonchev–Trinajstić information content (AvgIpc) is 2.76. The van der Waals surface area contributed by atoms with E-state index in [1.54, 1.807) is 6.92 Å². The van der Waals surface area contributed by atoms with Gasteiger partial charge in [0.2, 0.25) is 0 Å². The van der Waals surface area contributed by atoms with Crippen LogP contribution in [-0.2, 0) is 16.1 Å². The van der Waals surface area contributed by atoms with Gasteiger partial charge < -0.3 is 14.5 Å². The molecule has 0 atom stereocenters. The summed E-state index contributed by atoms with van der Waals surface area (Å²) in [6.07, 6.45) is 0. The van der Waals surface area contributed by atoms with Crippen molar-refractivity contribution in [3.05, 3.63) is 81.0 Å². The number of nitrogens with zero attached hydrogens (tertiary/aromatic N) is 2. The first-order valence-electron chi connectivity index (χ1n) is 9.53. The van der Waals surface area contributed by atoms with Crippen molar-refractivity contribution in [1.29, 1.82) is 0 Å². The third-order valence-corrected chi connectivity index (χ3v) is 5.05. The minimum absolute atomic E-state index is 0.164. The van der Waals surface area contributed by atoms with Gasteiger partial charge in [0.25, 0.3) is 5.56 Å². The van der Waals surface area contributed by atoms with Crippen molar-refractivity contribution < 1.29 is 19.1 Å². The van der Waals surface area contributed by atoms with E-state index >= 15 is 0 Å². The number of para-hydroxylation sites is 1. The molecule has 0 aliphatic rings. The fourth-order valence-electron chi connectivity index (χ4n) is 3.54. The van der Waals surface area contributed by atoms with Crippen LogP contribution in [0.1, 0.15) is 37.8 Å². The number of hydrogen-bond donors (Lipinski definition) is 1. The second kappa shape index (κ2) is 7.98. The monoisotopic (exact) mass is 417 g/mol. The van der Waals surface area contributed by atoms with Crippen molar-refractivity contribution in [3.63, 3.8) is 0 Å². The molecule has 0 saturated heterocycles. The second-order valence-electron chi connectivity index (χ2n) is 7.03. The molecule has 2 aromatic heterocycles. The number of aromatic nitrogens is 3. The third kappa shape index (κ3) is 3.75. The molecule has 4 aromatic rings. The van der Waals surface area contributed by atoms with E-state index in [-0.39, 0.29) is 18.0 Å². The zero-order chi connectivity index (χ0) is 22.1. The zero-order valence-corrected chi connectivity index (χ0v) is 17.2. The molecule has 1 N–H and O–H groups in total. The van der Waals surface area contributed by atoms with Gasteiger partial charge in [0, 0.05) is 5.39 Å². The van der Waals surface area contributed by atoms with Gasteiger partial charge in [0.15, 0.2) is 0 Å². The third-order valence-electron chi connectivity index (χ3n) is 5.05. The van der Waals surface area contributed by atoms with Crippen molar-refractivity contribution >= 4 is 33.7 Å². The molecule has 0 radical (unpaired) electrons. The first-order chi connectivity index (χ1) is 14.9. The van der Waals surface area contributed by atoms with Crippen LogP contribution >= 0.6 is 0 Å². The summed E-state index contributed by atoms with van der Waals surface area (Å²) in [7, 11) is 1.27. The number of pyridine rings is 1. The van der Waals surface area contributed by atoms with E-state index in [4.69, 9.17) is 9.47 Å². The lowest BCUT2D eigenvalue weighted by Gasteiger charge is -2.12. The number of esters is 2. The van der Waals surface area contributed by atoms with Crippen LogP contribution in [0.3, 0.4) is 0 Å². The number of rotatable bonds is 4. The summed E-state index contributed by atoms with van der Waals surface area (Å²) in [5.74, 6) is -0.928. The van der Waals surface area contributed by atoms with E-state index in [1.165, 1.54) is 25.3 Å². The number of ether oxygens (including phenoxy) is 2. The van der Waals surface area contributed by atoms with Crippen molar-refractivity contribution in [2.75, 3.05) is 7.11 Å². The molecular weight excluding hydrogens is 398 g/mol. The lowest BCUT2D eigenvalue weighted by molar-refractivity contribution is 0.0460. The van der Waals surface area contributed by atoms with Gasteiger partial charge in [-0.2, -0.15) is 0 Å². The Balaban J connectivity index is 1.63. The van der Waals surface area contributed by atoms with Crippen molar-refractivity contribution in [3.8, 4) is 0 Å². The Morgan fingerprint density at radius 1 is 0.968 bits per heavy atom. The Hall–Kier alpha value is -4.07. The van der Waals surface area contributed by atoms with E-state index in [0.717, 1.165) is 16.5 Å². The first-order valence-corrected chi connectivity index (χ1v) is 9.53. The van der Waals surface area contributed by atoms with E-state index in [9.17, 15) is 14.4 Å². The summed E-state index contributed by atoms with van der Waals surface area (Å²) in [5, 5.41) is 1.18. The second-order valence-corrected chi connectivity index (χ2v) is 7.03. The smallest absolute Gasteiger partial charge is 0.340 e. The molecular formula is C23H19N3O5. The van der Waals surface area contributed by atoms with Crippen LogP contribution < -0.4 is 5.56 Å². The highest BCUT2D eigenvalue weighted by molar-refractivity contribution is 5.98. The molecule has 8 nitrogen and oxygen atoms in total. The highest BCUT2D eigenvalue weighted by Crippen LogP contribution is 2.23. The molecule has 156 valence electrons. The molecule has 0 bridgehead atoms. The molecule has 2 aromatic carbocycles. The zero-order valence-electron chi connectivity index (χ0n) is 17.2. The van der Waals surface area contributed by atoms with E-state index < -0.39 is 17.5 Å². The van der Waals surface area contributed by atoms with Crippen molar-refractivity contribution in [2.45, 2.75) is 20.5 Å². The molecule has 4 rings (SSSR count). The number of methoxy groups -OCH3 is 1. The lowest BCUT2D eigenvalue weighted by atomic mass is 10.0. The Morgan fingerprint density at radius 3 is 2.52 bits per heavy atom. The summed E-state index contributed by atoms with van der Waals surface area (Å²) in [6, 6.07) is 12.0. The Labute approximate surface area is 176 Å². The number of aromatic amines is 1. The molecule has 0 aliphatic heterocycles. The highest BCUT2D eigenvalue weighted by atomic mass is 16.5. The molecule has 0 saturated carbocycles. The van der Waals surface area contributed by atoms with Crippen LogP contribution in [0.15, 0.2) is 47.3 Å². The number of carbonyl (C=O) groups excluding carboxylic acids is 2. The standard InChI is InChI=1S/C23H19N3O5/c1-12-15-6-4-5-7-17(15)24-13(2)20(12)23(29)31-11-19-25-18-10-14(22(28)30-3)8-9-16(18)21(27)26-19/h4-10H,11H2,1-3H3,(H,25,26,27). The Kier molecular flexibility index (Phi) is 5.21. The van der Waals surface area contributed by atoms with Gasteiger partial charge in [-0.05, 0) is 43.7 Å². The number of hydrogen-bond acceptors (Lipinski definition) is 7. The maximum Gasteiger partial charge on any atom is 0.340 e. The average molecular weight is 417 g/mol. The van der Waals surface area contributed by atoms with Gasteiger partial charge >= 0.3 is 11.9 Å². The Bertz CT molecular complexity index is 1410. The summed E-state index contributed by atoms with van der Waals surface area (Å²) in [4.78, 5) is 48.3.